The average Bonchev–Trinajstić information content (AvgIpc) is 2.26. The van der Waals surface area contributed by atoms with E-state index in [2.05, 4.69) is 0 Å². The number of carbonyl (C=O) groups is 1. The van der Waals surface area contributed by atoms with Crippen LogP contribution in [0.25, 0.3) is 0 Å². The molecule has 0 unspecified atom stereocenters. The number of aliphatic carboxylic acids is 1. The van der Waals surface area contributed by atoms with Gasteiger partial charge in [0.2, 0.25) is 10.0 Å². The van der Waals surface area contributed by atoms with E-state index in [1.807, 2.05) is 4.72 Å². The molecular formula is C7H15N3O6S2. The molecule has 0 aromatic carbocycles. The molecule has 1 heterocycles. The van der Waals surface area contributed by atoms with Crippen molar-refractivity contribution in [1.82, 2.24) is 13.3 Å². The topological polar surface area (TPSA) is 124 Å². The molecule has 0 aliphatic carbocycles. The summed E-state index contributed by atoms with van der Waals surface area (Å²) in [4.78, 5) is 10.3. The molecule has 1 fully saturated rings. The fourth-order valence-electron chi connectivity index (χ4n) is 1.49. The molecule has 106 valence electrons. The number of carboxylic acids is 1. The maximum Gasteiger partial charge on any atom is 0.318 e. The molecular weight excluding hydrogens is 286 g/mol. The number of sulfonamides is 1. The normalized spacial score (nSPS) is 19.8. The van der Waals surface area contributed by atoms with Crippen molar-refractivity contribution in [3.8, 4) is 0 Å². The Morgan fingerprint density at radius 1 is 1.11 bits per heavy atom. The van der Waals surface area contributed by atoms with Gasteiger partial charge in [-0.15, -0.1) is 0 Å². The number of nitrogens with zero attached hydrogens (tertiary/aromatic N) is 2. The maximum absolute atomic E-state index is 11.6. The fraction of sp³-hybridized carbons (Fsp3) is 0.857. The predicted molar refractivity (Wildman–Crippen MR) is 62.5 cm³/mol. The zero-order chi connectivity index (χ0) is 14.0. The third-order valence-corrected chi connectivity index (χ3v) is 5.27. The molecule has 2 N–H and O–H groups in total. The predicted octanol–water partition coefficient (Wildman–Crippen LogP) is -2.52. The summed E-state index contributed by atoms with van der Waals surface area (Å²) in [6, 6.07) is 0. The van der Waals surface area contributed by atoms with Gasteiger partial charge in [-0.25, -0.2) is 8.42 Å². The monoisotopic (exact) mass is 301 g/mol. The summed E-state index contributed by atoms with van der Waals surface area (Å²) in [6.45, 7) is -0.571. The SMILES string of the molecule is CS(=O)(=O)N1CCN(S(=O)(=O)NCC(=O)O)CC1. The summed E-state index contributed by atoms with van der Waals surface area (Å²) in [6.07, 6.45) is 1.06. The minimum Gasteiger partial charge on any atom is -0.480 e. The van der Waals surface area contributed by atoms with Crippen LogP contribution in [0.3, 0.4) is 0 Å². The summed E-state index contributed by atoms with van der Waals surface area (Å²) in [5.41, 5.74) is 0. The molecule has 0 aromatic rings. The molecule has 0 aromatic heterocycles. The third kappa shape index (κ3) is 4.17. The van der Waals surface area contributed by atoms with Crippen LogP contribution < -0.4 is 4.72 Å². The first kappa shape index (κ1) is 15.3. The molecule has 0 radical (unpaired) electrons. The van der Waals surface area contributed by atoms with E-state index in [9.17, 15) is 21.6 Å². The highest BCUT2D eigenvalue weighted by Gasteiger charge is 2.30. The lowest BCUT2D eigenvalue weighted by atomic mass is 10.4. The van der Waals surface area contributed by atoms with Gasteiger partial charge < -0.3 is 5.11 Å². The minimum atomic E-state index is -3.87. The number of nitrogens with one attached hydrogen (secondary N) is 1. The second kappa shape index (κ2) is 5.48. The van der Waals surface area contributed by atoms with Crippen molar-refractivity contribution in [2.45, 2.75) is 0 Å². The fourth-order valence-corrected chi connectivity index (χ4v) is 3.45. The van der Waals surface area contributed by atoms with Crippen LogP contribution in [0.2, 0.25) is 0 Å². The highest BCUT2D eigenvalue weighted by Crippen LogP contribution is 2.08. The zero-order valence-corrected chi connectivity index (χ0v) is 11.4. The van der Waals surface area contributed by atoms with Gasteiger partial charge in [-0.1, -0.05) is 0 Å². The average molecular weight is 301 g/mol. The van der Waals surface area contributed by atoms with E-state index in [0.717, 1.165) is 10.6 Å². The molecule has 1 saturated heterocycles. The van der Waals surface area contributed by atoms with Crippen LogP contribution in [0, 0.1) is 0 Å². The largest absolute Gasteiger partial charge is 0.480 e. The quantitative estimate of drug-likeness (QED) is 0.577. The smallest absolute Gasteiger partial charge is 0.318 e. The molecule has 18 heavy (non-hydrogen) atoms. The van der Waals surface area contributed by atoms with Gasteiger partial charge in [-0.05, 0) is 0 Å². The Balaban J connectivity index is 2.60. The van der Waals surface area contributed by atoms with Gasteiger partial charge >= 0.3 is 5.97 Å². The highest BCUT2D eigenvalue weighted by atomic mass is 32.2. The van der Waals surface area contributed by atoms with E-state index in [-0.39, 0.29) is 26.2 Å². The molecule has 0 bridgehead atoms. The van der Waals surface area contributed by atoms with Gasteiger partial charge in [0.1, 0.15) is 6.54 Å². The van der Waals surface area contributed by atoms with E-state index < -0.39 is 32.7 Å². The first-order valence-electron chi connectivity index (χ1n) is 5.04. The number of hydrogen-bond donors (Lipinski definition) is 2. The summed E-state index contributed by atoms with van der Waals surface area (Å²) < 4.78 is 49.8. The van der Waals surface area contributed by atoms with Crippen molar-refractivity contribution in [2.24, 2.45) is 0 Å². The summed E-state index contributed by atoms with van der Waals surface area (Å²) in [7, 11) is -7.19. The molecule has 0 amide bonds. The Bertz CT molecular complexity index is 505. The Morgan fingerprint density at radius 3 is 1.94 bits per heavy atom. The first-order chi connectivity index (χ1) is 8.13. The molecule has 0 saturated carbocycles. The highest BCUT2D eigenvalue weighted by molar-refractivity contribution is 7.88. The van der Waals surface area contributed by atoms with Gasteiger partial charge in [-0.3, -0.25) is 4.79 Å². The summed E-state index contributed by atoms with van der Waals surface area (Å²) in [5, 5.41) is 8.39. The lowest BCUT2D eigenvalue weighted by Gasteiger charge is -2.32. The van der Waals surface area contributed by atoms with Crippen LogP contribution in [-0.2, 0) is 25.0 Å². The lowest BCUT2D eigenvalue weighted by molar-refractivity contribution is -0.135. The minimum absolute atomic E-state index is 0.00201. The van der Waals surface area contributed by atoms with Crippen molar-refractivity contribution in [1.29, 1.82) is 0 Å². The number of rotatable bonds is 5. The van der Waals surface area contributed by atoms with E-state index in [4.69, 9.17) is 5.11 Å². The van der Waals surface area contributed by atoms with Crippen LogP contribution in [-0.4, -0.2) is 75.5 Å². The van der Waals surface area contributed by atoms with Crippen molar-refractivity contribution < 1.29 is 26.7 Å². The van der Waals surface area contributed by atoms with Crippen molar-refractivity contribution in [3.63, 3.8) is 0 Å². The molecule has 1 rings (SSSR count). The molecule has 0 spiro atoms. The molecule has 1 aliphatic heterocycles. The third-order valence-electron chi connectivity index (χ3n) is 2.41. The maximum atomic E-state index is 11.6. The molecule has 0 atom stereocenters. The molecule has 11 heteroatoms. The molecule has 1 aliphatic rings. The van der Waals surface area contributed by atoms with E-state index in [1.165, 1.54) is 4.31 Å². The molecule has 9 nitrogen and oxygen atoms in total. The number of hydrogen-bond acceptors (Lipinski definition) is 5. The zero-order valence-electron chi connectivity index (χ0n) is 9.73. The second-order valence-corrected chi connectivity index (χ2v) is 7.52. The Morgan fingerprint density at radius 2 is 1.56 bits per heavy atom. The standard InChI is InChI=1S/C7H15N3O6S2/c1-17(13,14)9-2-4-10(5-3-9)18(15,16)8-6-7(11)12/h8H,2-6H2,1H3,(H,11,12). The first-order valence-corrected chi connectivity index (χ1v) is 8.33. The van der Waals surface area contributed by atoms with Gasteiger partial charge in [0.05, 0.1) is 6.26 Å². The van der Waals surface area contributed by atoms with Gasteiger partial charge in [-0.2, -0.15) is 21.8 Å². The summed E-state index contributed by atoms with van der Waals surface area (Å²) in [5.74, 6) is -1.28. The Kier molecular flexibility index (Phi) is 4.66. The van der Waals surface area contributed by atoms with Gasteiger partial charge in [0, 0.05) is 26.2 Å². The Labute approximate surface area is 106 Å². The van der Waals surface area contributed by atoms with Crippen molar-refractivity contribution >= 4 is 26.2 Å². The van der Waals surface area contributed by atoms with Crippen LogP contribution in [0.15, 0.2) is 0 Å². The van der Waals surface area contributed by atoms with E-state index in [1.54, 1.807) is 0 Å². The second-order valence-electron chi connectivity index (χ2n) is 3.78. The number of piperazine rings is 1. The van der Waals surface area contributed by atoms with Crippen molar-refractivity contribution in [3.05, 3.63) is 0 Å². The van der Waals surface area contributed by atoms with Crippen LogP contribution in [0.5, 0.6) is 0 Å². The van der Waals surface area contributed by atoms with Gasteiger partial charge in [0.25, 0.3) is 10.2 Å². The van der Waals surface area contributed by atoms with E-state index in [0.29, 0.717) is 0 Å². The number of carboxylic acid groups (broad SMARTS) is 1. The van der Waals surface area contributed by atoms with Crippen molar-refractivity contribution in [2.75, 3.05) is 39.0 Å². The van der Waals surface area contributed by atoms with Crippen LogP contribution in [0.1, 0.15) is 0 Å². The van der Waals surface area contributed by atoms with Gasteiger partial charge in [0.15, 0.2) is 0 Å². The van der Waals surface area contributed by atoms with E-state index >= 15 is 0 Å². The Hall–Kier alpha value is -0.750. The van der Waals surface area contributed by atoms with Crippen LogP contribution in [0.4, 0.5) is 0 Å². The summed E-state index contributed by atoms with van der Waals surface area (Å²) >= 11 is 0. The van der Waals surface area contributed by atoms with Crippen LogP contribution >= 0.6 is 0 Å². The lowest BCUT2D eigenvalue weighted by Crippen LogP contribution is -2.53.